The first-order chi connectivity index (χ1) is 11.2. The van der Waals surface area contributed by atoms with Gasteiger partial charge in [0.25, 0.3) is 0 Å². The minimum atomic E-state index is 0.820. The van der Waals surface area contributed by atoms with E-state index in [1.54, 1.807) is 0 Å². The van der Waals surface area contributed by atoms with E-state index in [4.69, 9.17) is 4.98 Å². The molecule has 118 valence electrons. The maximum absolute atomic E-state index is 4.75. The van der Waals surface area contributed by atoms with Crippen LogP contribution in [0.15, 0.2) is 48.5 Å². The number of hydrogen-bond acceptors (Lipinski definition) is 2. The summed E-state index contributed by atoms with van der Waals surface area (Å²) in [5.41, 5.74) is 3.17. The number of nitrogens with one attached hydrogen (secondary N) is 2. The Hall–Kier alpha value is -2.27. The normalized spacial score (nSPS) is 12.3. The van der Waals surface area contributed by atoms with Crippen molar-refractivity contribution < 1.29 is 4.58 Å². The third kappa shape index (κ3) is 3.24. The van der Waals surface area contributed by atoms with Crippen LogP contribution in [0.2, 0.25) is 0 Å². The number of pyridine rings is 1. The molecule has 1 heterocycles. The van der Waals surface area contributed by atoms with Gasteiger partial charge < -0.3 is 5.32 Å². The molecule has 0 amide bonds. The van der Waals surface area contributed by atoms with Crippen LogP contribution in [0, 0.1) is 0 Å². The Bertz CT molecular complexity index is 819. The Balaban J connectivity index is 1.97. The maximum atomic E-state index is 4.75. The van der Waals surface area contributed by atoms with E-state index in [2.05, 4.69) is 64.2 Å². The second-order valence-electron chi connectivity index (χ2n) is 5.44. The summed E-state index contributed by atoms with van der Waals surface area (Å²) in [6.45, 7) is 1.67. The van der Waals surface area contributed by atoms with Crippen molar-refractivity contribution in [3.05, 3.63) is 48.5 Å². The number of likely N-dealkylation sites (N-methyl/N-ethyl adjacent to an activating group) is 1. The number of amidine groups is 1. The van der Waals surface area contributed by atoms with Crippen molar-refractivity contribution in [2.45, 2.75) is 0 Å². The Kier molecular flexibility index (Phi) is 4.67. The molecular weight excluding hydrogens is 304 g/mol. The van der Waals surface area contributed by atoms with Gasteiger partial charge in [-0.25, -0.2) is 4.98 Å². The van der Waals surface area contributed by atoms with E-state index in [1.807, 2.05) is 26.2 Å². The number of aromatic nitrogens is 1. The number of benzene rings is 2. The molecule has 1 aromatic heterocycles. The number of fused-ring (bicyclic) bond motifs is 2. The predicted octanol–water partition coefficient (Wildman–Crippen LogP) is 2.95. The molecule has 0 atom stereocenters. The smallest absolute Gasteiger partial charge is 0.302 e. The molecule has 23 heavy (non-hydrogen) atoms. The molecule has 0 fully saturated rings. The topological polar surface area (TPSA) is 40.0 Å². The number of thiol groups is 1. The third-order valence-corrected chi connectivity index (χ3v) is 4.49. The van der Waals surface area contributed by atoms with E-state index in [0.717, 1.165) is 45.8 Å². The van der Waals surface area contributed by atoms with Gasteiger partial charge in [-0.1, -0.05) is 49.0 Å². The fourth-order valence-corrected chi connectivity index (χ4v) is 2.78. The zero-order valence-corrected chi connectivity index (χ0v) is 14.3. The highest BCUT2D eigenvalue weighted by Gasteiger charge is 2.09. The highest BCUT2D eigenvalue weighted by atomic mass is 32.1. The molecule has 0 saturated carbocycles. The lowest BCUT2D eigenvalue weighted by Gasteiger charge is -2.13. The van der Waals surface area contributed by atoms with Crippen molar-refractivity contribution in [2.75, 3.05) is 32.5 Å². The van der Waals surface area contributed by atoms with Gasteiger partial charge in [0, 0.05) is 10.8 Å². The van der Waals surface area contributed by atoms with Gasteiger partial charge in [0.05, 0.1) is 37.4 Å². The molecule has 0 saturated heterocycles. The Morgan fingerprint density at radius 1 is 1.04 bits per heavy atom. The van der Waals surface area contributed by atoms with Gasteiger partial charge in [0.15, 0.2) is 0 Å². The monoisotopic (exact) mass is 325 g/mol. The van der Waals surface area contributed by atoms with E-state index in [1.165, 1.54) is 0 Å². The van der Waals surface area contributed by atoms with Gasteiger partial charge in [-0.3, -0.25) is 9.89 Å². The summed E-state index contributed by atoms with van der Waals surface area (Å²) in [4.78, 5) is 4.75. The first kappa shape index (κ1) is 15.6. The van der Waals surface area contributed by atoms with Crippen molar-refractivity contribution >= 4 is 45.3 Å². The van der Waals surface area contributed by atoms with Crippen molar-refractivity contribution in [3.63, 3.8) is 0 Å². The van der Waals surface area contributed by atoms with Crippen LogP contribution in [0.25, 0.3) is 21.8 Å². The zero-order chi connectivity index (χ0) is 16.2. The van der Waals surface area contributed by atoms with E-state index in [-0.39, 0.29) is 0 Å². The molecule has 4 nitrogen and oxygen atoms in total. The van der Waals surface area contributed by atoms with E-state index in [0.29, 0.717) is 0 Å². The van der Waals surface area contributed by atoms with Crippen LogP contribution in [0.5, 0.6) is 0 Å². The van der Waals surface area contributed by atoms with E-state index >= 15 is 0 Å². The van der Waals surface area contributed by atoms with Gasteiger partial charge in [0.1, 0.15) is 6.54 Å². The molecule has 0 unspecified atom stereocenters. The van der Waals surface area contributed by atoms with Gasteiger partial charge in [-0.15, -0.1) is 0 Å². The summed E-state index contributed by atoms with van der Waals surface area (Å²) in [6.07, 6.45) is 0. The number of rotatable bonds is 4. The second-order valence-corrected chi connectivity index (χ2v) is 5.87. The van der Waals surface area contributed by atoms with Crippen LogP contribution in [-0.4, -0.2) is 41.9 Å². The lowest BCUT2D eigenvalue weighted by molar-refractivity contribution is -0.492. The summed E-state index contributed by atoms with van der Waals surface area (Å²) in [5.74, 6) is 0. The number of anilines is 1. The van der Waals surface area contributed by atoms with Gasteiger partial charge in [-0.2, -0.15) is 0 Å². The van der Waals surface area contributed by atoms with Crippen LogP contribution in [0.3, 0.4) is 0 Å². The van der Waals surface area contributed by atoms with Crippen molar-refractivity contribution in [1.82, 2.24) is 10.3 Å². The molecule has 0 spiro atoms. The van der Waals surface area contributed by atoms with Gasteiger partial charge in [0.2, 0.25) is 0 Å². The summed E-state index contributed by atoms with van der Waals surface area (Å²) >= 11 is 4.40. The lowest BCUT2D eigenvalue weighted by atomic mass is 10.1. The Morgan fingerprint density at radius 2 is 1.61 bits per heavy atom. The molecule has 0 aliphatic rings. The molecule has 0 bridgehead atoms. The molecule has 0 aliphatic heterocycles. The molecule has 2 aromatic carbocycles. The van der Waals surface area contributed by atoms with Crippen molar-refractivity contribution in [2.24, 2.45) is 0 Å². The average Bonchev–Trinajstić information content (AvgIpc) is 2.60. The Labute approximate surface area is 141 Å². The molecule has 3 aromatic rings. The molecule has 2 N–H and O–H groups in total. The highest BCUT2D eigenvalue weighted by molar-refractivity contribution is 7.96. The minimum Gasteiger partial charge on any atom is -0.380 e. The molecule has 5 heteroatoms. The number of nitrogens with zero attached hydrogens (tertiary/aromatic N) is 2. The number of para-hydroxylation sites is 2. The largest absolute Gasteiger partial charge is 0.380 e. The fourth-order valence-electron chi connectivity index (χ4n) is 2.68. The van der Waals surface area contributed by atoms with E-state index < -0.39 is 0 Å². The average molecular weight is 325 g/mol. The molecule has 3 rings (SSSR count). The summed E-state index contributed by atoms with van der Waals surface area (Å²) < 4.78 is 2.07. The maximum Gasteiger partial charge on any atom is 0.302 e. The van der Waals surface area contributed by atoms with Crippen LogP contribution < -0.4 is 10.6 Å². The molecule has 0 aliphatic carbocycles. The lowest BCUT2D eigenvalue weighted by Crippen LogP contribution is -2.28. The summed E-state index contributed by atoms with van der Waals surface area (Å²) in [5, 5.41) is 9.78. The Morgan fingerprint density at radius 3 is 2.17 bits per heavy atom. The standard InChI is InChI=1S/C18H20N4S/c1-19-18(23)22(2)12-11-20-17-13-7-3-5-9-15(13)21-16-10-6-4-8-14(16)17/h3-10H,11-12H2,1-2H3,(H2,19,20,21,23)/p+1. The number of hydrogen-bond donors (Lipinski definition) is 3. The second kappa shape index (κ2) is 6.87. The first-order valence-corrected chi connectivity index (χ1v) is 8.11. The zero-order valence-electron chi connectivity index (χ0n) is 13.4. The van der Waals surface area contributed by atoms with Crippen molar-refractivity contribution in [3.8, 4) is 0 Å². The van der Waals surface area contributed by atoms with Crippen LogP contribution in [0.4, 0.5) is 5.69 Å². The summed E-state index contributed by atoms with van der Waals surface area (Å²) in [7, 11) is 3.89. The summed E-state index contributed by atoms with van der Waals surface area (Å²) in [6, 6.07) is 16.5. The molecule has 0 radical (unpaired) electrons. The van der Waals surface area contributed by atoms with Crippen molar-refractivity contribution in [1.29, 1.82) is 0 Å². The fraction of sp³-hybridized carbons (Fsp3) is 0.222. The van der Waals surface area contributed by atoms with E-state index in [9.17, 15) is 0 Å². The first-order valence-electron chi connectivity index (χ1n) is 7.67. The van der Waals surface area contributed by atoms with Gasteiger partial charge >= 0.3 is 5.17 Å². The third-order valence-electron chi connectivity index (χ3n) is 3.92. The SMILES string of the molecule is CNC(S)=[N+](C)CCNc1c2ccccc2nc2ccccc12. The highest BCUT2D eigenvalue weighted by Crippen LogP contribution is 2.30. The minimum absolute atomic E-state index is 0.820. The van der Waals surface area contributed by atoms with Crippen LogP contribution >= 0.6 is 12.6 Å². The quantitative estimate of drug-likeness (QED) is 0.227. The van der Waals surface area contributed by atoms with Gasteiger partial charge in [-0.05, 0) is 12.1 Å². The van der Waals surface area contributed by atoms with Crippen LogP contribution in [0.1, 0.15) is 0 Å². The van der Waals surface area contributed by atoms with Crippen LogP contribution in [-0.2, 0) is 0 Å². The molecular formula is C18H21N4S+. The predicted molar refractivity (Wildman–Crippen MR) is 102 cm³/mol.